The highest BCUT2D eigenvalue weighted by atomic mass is 32.1. The van der Waals surface area contributed by atoms with Gasteiger partial charge in [0.2, 0.25) is 0 Å². The Balaban J connectivity index is 1.69. The van der Waals surface area contributed by atoms with Crippen molar-refractivity contribution in [3.63, 3.8) is 0 Å². The summed E-state index contributed by atoms with van der Waals surface area (Å²) in [5.41, 5.74) is 2.40. The lowest BCUT2D eigenvalue weighted by atomic mass is 10.0. The van der Waals surface area contributed by atoms with Crippen LogP contribution in [0.4, 0.5) is 0 Å². The van der Waals surface area contributed by atoms with Crippen LogP contribution in [0.5, 0.6) is 0 Å². The van der Waals surface area contributed by atoms with Crippen LogP contribution in [0.25, 0.3) is 5.69 Å². The van der Waals surface area contributed by atoms with Gasteiger partial charge in [0, 0.05) is 6.54 Å². The van der Waals surface area contributed by atoms with Gasteiger partial charge in [-0.1, -0.05) is 24.3 Å². The summed E-state index contributed by atoms with van der Waals surface area (Å²) in [6, 6.07) is 9.32. The van der Waals surface area contributed by atoms with Crippen molar-refractivity contribution in [1.82, 2.24) is 25.5 Å². The van der Waals surface area contributed by atoms with Crippen LogP contribution < -0.4 is 5.32 Å². The van der Waals surface area contributed by atoms with E-state index in [1.54, 1.807) is 11.4 Å². The SMILES string of the molecule is Cc1ccccc1C(O)CNC(=O)c1sccc1-n1cnnn1. The third-order valence-electron chi connectivity index (χ3n) is 3.45. The van der Waals surface area contributed by atoms with Crippen LogP contribution in [0.1, 0.15) is 26.9 Å². The van der Waals surface area contributed by atoms with Gasteiger partial charge in [0.15, 0.2) is 0 Å². The van der Waals surface area contributed by atoms with Gasteiger partial charge < -0.3 is 10.4 Å². The molecule has 0 bridgehead atoms. The van der Waals surface area contributed by atoms with Crippen molar-refractivity contribution < 1.29 is 9.90 Å². The summed E-state index contributed by atoms with van der Waals surface area (Å²) in [7, 11) is 0. The van der Waals surface area contributed by atoms with Crippen molar-refractivity contribution in [2.24, 2.45) is 0 Å². The molecule has 0 spiro atoms. The zero-order valence-electron chi connectivity index (χ0n) is 12.4. The number of carbonyl (C=O) groups excluding carboxylic acids is 1. The van der Waals surface area contributed by atoms with Crippen molar-refractivity contribution in [2.45, 2.75) is 13.0 Å². The van der Waals surface area contributed by atoms with E-state index >= 15 is 0 Å². The summed E-state index contributed by atoms with van der Waals surface area (Å²) in [4.78, 5) is 12.8. The van der Waals surface area contributed by atoms with Gasteiger partial charge in [0.1, 0.15) is 11.2 Å². The molecule has 3 aromatic rings. The highest BCUT2D eigenvalue weighted by Crippen LogP contribution is 2.21. The summed E-state index contributed by atoms with van der Waals surface area (Å²) in [5, 5.41) is 25.7. The Morgan fingerprint density at radius 1 is 1.39 bits per heavy atom. The number of thiophene rings is 1. The predicted molar refractivity (Wildman–Crippen MR) is 85.5 cm³/mol. The number of aryl methyl sites for hydroxylation is 1. The molecule has 7 nitrogen and oxygen atoms in total. The van der Waals surface area contributed by atoms with Gasteiger partial charge in [-0.15, -0.1) is 16.4 Å². The summed E-state index contributed by atoms with van der Waals surface area (Å²) in [6.07, 6.45) is 0.678. The third kappa shape index (κ3) is 3.27. The zero-order valence-corrected chi connectivity index (χ0v) is 13.2. The Morgan fingerprint density at radius 3 is 2.96 bits per heavy atom. The van der Waals surface area contributed by atoms with Gasteiger partial charge in [-0.2, -0.15) is 4.68 Å². The first-order chi connectivity index (χ1) is 11.2. The van der Waals surface area contributed by atoms with E-state index in [9.17, 15) is 9.90 Å². The standard InChI is InChI=1S/C15H15N5O2S/c1-10-4-2-3-5-11(10)13(21)8-16-15(22)14-12(6-7-23-14)20-9-17-18-19-20/h2-7,9,13,21H,8H2,1H3,(H,16,22). The number of aliphatic hydroxyl groups excluding tert-OH is 1. The smallest absolute Gasteiger partial charge is 0.263 e. The van der Waals surface area contributed by atoms with E-state index in [1.807, 2.05) is 31.2 Å². The van der Waals surface area contributed by atoms with Crippen LogP contribution in [0.3, 0.4) is 0 Å². The number of rotatable bonds is 5. The number of aliphatic hydroxyl groups is 1. The van der Waals surface area contributed by atoms with E-state index in [1.165, 1.54) is 22.3 Å². The normalized spacial score (nSPS) is 12.1. The maximum atomic E-state index is 12.3. The molecule has 0 fully saturated rings. The van der Waals surface area contributed by atoms with E-state index in [4.69, 9.17) is 0 Å². The zero-order chi connectivity index (χ0) is 16.2. The van der Waals surface area contributed by atoms with Crippen molar-refractivity contribution >= 4 is 17.2 Å². The summed E-state index contributed by atoms with van der Waals surface area (Å²) < 4.78 is 1.43. The van der Waals surface area contributed by atoms with Gasteiger partial charge in [-0.05, 0) is 39.9 Å². The Labute approximate surface area is 136 Å². The quantitative estimate of drug-likeness (QED) is 0.740. The van der Waals surface area contributed by atoms with Crippen molar-refractivity contribution in [2.75, 3.05) is 6.54 Å². The van der Waals surface area contributed by atoms with Crippen molar-refractivity contribution in [1.29, 1.82) is 0 Å². The van der Waals surface area contributed by atoms with E-state index in [2.05, 4.69) is 20.8 Å². The number of hydrogen-bond donors (Lipinski definition) is 2. The number of tetrazole rings is 1. The van der Waals surface area contributed by atoms with E-state index in [-0.39, 0.29) is 12.5 Å². The fraction of sp³-hybridized carbons (Fsp3) is 0.200. The molecular weight excluding hydrogens is 314 g/mol. The molecular formula is C15H15N5O2S. The number of nitrogens with one attached hydrogen (secondary N) is 1. The van der Waals surface area contributed by atoms with Gasteiger partial charge in [0.05, 0.1) is 11.8 Å². The van der Waals surface area contributed by atoms with Gasteiger partial charge in [-0.3, -0.25) is 4.79 Å². The first kappa shape index (κ1) is 15.3. The first-order valence-electron chi connectivity index (χ1n) is 6.99. The van der Waals surface area contributed by atoms with Crippen LogP contribution in [-0.2, 0) is 0 Å². The molecule has 2 N–H and O–H groups in total. The number of aromatic nitrogens is 4. The van der Waals surface area contributed by atoms with E-state index in [0.29, 0.717) is 10.6 Å². The maximum Gasteiger partial charge on any atom is 0.263 e. The average molecular weight is 329 g/mol. The molecule has 1 aromatic carbocycles. The number of benzene rings is 1. The maximum absolute atomic E-state index is 12.3. The third-order valence-corrected chi connectivity index (χ3v) is 4.35. The highest BCUT2D eigenvalue weighted by Gasteiger charge is 2.17. The fourth-order valence-electron chi connectivity index (χ4n) is 2.26. The van der Waals surface area contributed by atoms with Gasteiger partial charge >= 0.3 is 0 Å². The molecule has 0 saturated carbocycles. The van der Waals surface area contributed by atoms with Crippen molar-refractivity contribution in [3.05, 3.63) is 58.0 Å². The van der Waals surface area contributed by atoms with Crippen LogP contribution >= 0.6 is 11.3 Å². The Hall–Kier alpha value is -2.58. The minimum Gasteiger partial charge on any atom is -0.387 e. The molecule has 3 rings (SSSR count). The molecule has 0 aliphatic rings. The molecule has 0 aliphatic heterocycles. The largest absolute Gasteiger partial charge is 0.387 e. The minimum atomic E-state index is -0.753. The molecule has 0 radical (unpaired) electrons. The molecule has 2 heterocycles. The molecule has 0 aliphatic carbocycles. The van der Waals surface area contributed by atoms with Gasteiger partial charge in [-0.25, -0.2) is 0 Å². The molecule has 8 heteroatoms. The average Bonchev–Trinajstić information content (AvgIpc) is 3.23. The molecule has 1 unspecified atom stereocenters. The van der Waals surface area contributed by atoms with Crippen LogP contribution in [0.2, 0.25) is 0 Å². The lowest BCUT2D eigenvalue weighted by Gasteiger charge is -2.14. The first-order valence-corrected chi connectivity index (χ1v) is 7.87. The lowest BCUT2D eigenvalue weighted by molar-refractivity contribution is 0.0920. The van der Waals surface area contributed by atoms with E-state index < -0.39 is 6.10 Å². The van der Waals surface area contributed by atoms with E-state index in [0.717, 1.165) is 11.1 Å². The predicted octanol–water partition coefficient (Wildman–Crippen LogP) is 1.50. The Morgan fingerprint density at radius 2 is 2.22 bits per heavy atom. The van der Waals surface area contributed by atoms with Crippen LogP contribution in [0.15, 0.2) is 42.0 Å². The lowest BCUT2D eigenvalue weighted by Crippen LogP contribution is -2.28. The molecule has 1 atom stereocenters. The topological polar surface area (TPSA) is 92.9 Å². The molecule has 2 aromatic heterocycles. The molecule has 1 amide bonds. The van der Waals surface area contributed by atoms with Crippen molar-refractivity contribution in [3.8, 4) is 5.69 Å². The minimum absolute atomic E-state index is 0.136. The summed E-state index contributed by atoms with van der Waals surface area (Å²) in [6.45, 7) is 2.06. The number of carbonyl (C=O) groups is 1. The fourth-order valence-corrected chi connectivity index (χ4v) is 3.06. The summed E-state index contributed by atoms with van der Waals surface area (Å²) >= 11 is 1.30. The second kappa shape index (κ2) is 6.67. The van der Waals surface area contributed by atoms with Crippen LogP contribution in [-0.4, -0.2) is 37.8 Å². The van der Waals surface area contributed by atoms with Gasteiger partial charge in [0.25, 0.3) is 5.91 Å². The number of amides is 1. The van der Waals surface area contributed by atoms with Crippen LogP contribution in [0, 0.1) is 6.92 Å². The summed E-state index contributed by atoms with van der Waals surface area (Å²) in [5.74, 6) is -0.266. The number of hydrogen-bond acceptors (Lipinski definition) is 6. The molecule has 23 heavy (non-hydrogen) atoms. The number of nitrogens with zero attached hydrogens (tertiary/aromatic N) is 4. The molecule has 0 saturated heterocycles. The monoisotopic (exact) mass is 329 g/mol. The second-order valence-electron chi connectivity index (χ2n) is 4.97. The highest BCUT2D eigenvalue weighted by molar-refractivity contribution is 7.12. The Bertz CT molecular complexity index is 800. The Kier molecular flexibility index (Phi) is 4.45. The second-order valence-corrected chi connectivity index (χ2v) is 5.89. The molecule has 118 valence electrons.